The first-order valence-corrected chi connectivity index (χ1v) is 11.0. The minimum Gasteiger partial charge on any atom is -0.365 e. The molecule has 2 amide bonds. The second-order valence-corrected chi connectivity index (χ2v) is 8.38. The Balaban J connectivity index is 1.35. The minimum atomic E-state index is -0.0790. The topological polar surface area (TPSA) is 67.9 Å². The molecule has 4 rings (SSSR count). The SMILES string of the molecule is CNC(=O)c1ccc(N2CCNCC2CC(=O)N2CCN(C3CCC3)CC2)cc1. The van der Waals surface area contributed by atoms with E-state index in [1.54, 1.807) is 7.05 Å². The Hall–Kier alpha value is -2.12. The molecule has 0 radical (unpaired) electrons. The van der Waals surface area contributed by atoms with Crippen molar-refractivity contribution in [3.63, 3.8) is 0 Å². The van der Waals surface area contributed by atoms with Gasteiger partial charge in [0.05, 0.1) is 6.04 Å². The van der Waals surface area contributed by atoms with Crippen LogP contribution in [0.3, 0.4) is 0 Å². The number of nitrogens with one attached hydrogen (secondary N) is 2. The van der Waals surface area contributed by atoms with Crippen LogP contribution in [0.15, 0.2) is 24.3 Å². The molecular weight excluding hydrogens is 366 g/mol. The first-order valence-electron chi connectivity index (χ1n) is 11.0. The van der Waals surface area contributed by atoms with Crippen LogP contribution in [0.25, 0.3) is 0 Å². The third-order valence-corrected chi connectivity index (χ3v) is 6.71. The standard InChI is InChI=1S/C22H33N5O2/c1-23-22(29)17-5-7-19(8-6-17)27-10-9-24-16-20(27)15-21(28)26-13-11-25(12-14-26)18-3-2-4-18/h5-8,18,20,24H,2-4,9-16H2,1H3,(H,23,29). The van der Waals surface area contributed by atoms with Crippen LogP contribution in [-0.4, -0.2) is 86.6 Å². The Morgan fingerprint density at radius 1 is 1.07 bits per heavy atom. The van der Waals surface area contributed by atoms with Crippen molar-refractivity contribution in [2.45, 2.75) is 37.8 Å². The van der Waals surface area contributed by atoms with Crippen molar-refractivity contribution >= 4 is 17.5 Å². The van der Waals surface area contributed by atoms with E-state index < -0.39 is 0 Å². The van der Waals surface area contributed by atoms with E-state index in [4.69, 9.17) is 0 Å². The van der Waals surface area contributed by atoms with Crippen molar-refractivity contribution in [2.75, 3.05) is 57.8 Å². The van der Waals surface area contributed by atoms with E-state index in [1.165, 1.54) is 19.3 Å². The summed E-state index contributed by atoms with van der Waals surface area (Å²) >= 11 is 0. The van der Waals surface area contributed by atoms with Crippen LogP contribution in [-0.2, 0) is 4.79 Å². The number of amides is 2. The highest BCUT2D eigenvalue weighted by Crippen LogP contribution is 2.26. The third-order valence-electron chi connectivity index (χ3n) is 6.71. The van der Waals surface area contributed by atoms with Gasteiger partial charge in [0.15, 0.2) is 0 Å². The monoisotopic (exact) mass is 399 g/mol. The van der Waals surface area contributed by atoms with Gasteiger partial charge in [-0.05, 0) is 37.1 Å². The van der Waals surface area contributed by atoms with Crippen LogP contribution in [0, 0.1) is 0 Å². The number of nitrogens with zero attached hydrogens (tertiary/aromatic N) is 3. The summed E-state index contributed by atoms with van der Waals surface area (Å²) in [7, 11) is 1.64. The second-order valence-electron chi connectivity index (χ2n) is 8.38. The maximum atomic E-state index is 13.0. The van der Waals surface area contributed by atoms with Gasteiger partial charge in [-0.2, -0.15) is 0 Å². The quantitative estimate of drug-likeness (QED) is 0.771. The van der Waals surface area contributed by atoms with E-state index >= 15 is 0 Å². The zero-order valence-corrected chi connectivity index (χ0v) is 17.4. The summed E-state index contributed by atoms with van der Waals surface area (Å²) in [6, 6.07) is 8.61. The van der Waals surface area contributed by atoms with Gasteiger partial charge in [0.2, 0.25) is 5.91 Å². The number of carbonyl (C=O) groups excluding carboxylic acids is 2. The fourth-order valence-corrected chi connectivity index (χ4v) is 4.65. The van der Waals surface area contributed by atoms with Gasteiger partial charge in [0.25, 0.3) is 5.91 Å². The molecule has 2 aliphatic heterocycles. The molecule has 29 heavy (non-hydrogen) atoms. The molecule has 1 aliphatic carbocycles. The predicted octanol–water partition coefficient (Wildman–Crippen LogP) is 0.911. The van der Waals surface area contributed by atoms with Crippen molar-refractivity contribution in [1.29, 1.82) is 0 Å². The zero-order valence-electron chi connectivity index (χ0n) is 17.4. The fourth-order valence-electron chi connectivity index (χ4n) is 4.65. The summed E-state index contributed by atoms with van der Waals surface area (Å²) in [6.07, 6.45) is 4.55. The average molecular weight is 400 g/mol. The van der Waals surface area contributed by atoms with E-state index in [2.05, 4.69) is 25.3 Å². The molecule has 3 aliphatic rings. The summed E-state index contributed by atoms with van der Waals surface area (Å²) in [6.45, 7) is 6.33. The summed E-state index contributed by atoms with van der Waals surface area (Å²) in [4.78, 5) is 31.7. The fraction of sp³-hybridized carbons (Fsp3) is 0.636. The lowest BCUT2D eigenvalue weighted by Crippen LogP contribution is -2.56. The van der Waals surface area contributed by atoms with Gasteiger partial charge in [-0.25, -0.2) is 0 Å². The highest BCUT2D eigenvalue weighted by atomic mass is 16.2. The normalized spacial score (nSPS) is 23.6. The Bertz CT molecular complexity index is 710. The predicted molar refractivity (Wildman–Crippen MR) is 114 cm³/mol. The van der Waals surface area contributed by atoms with E-state index in [9.17, 15) is 9.59 Å². The molecule has 0 spiro atoms. The van der Waals surface area contributed by atoms with E-state index in [0.29, 0.717) is 12.0 Å². The van der Waals surface area contributed by atoms with E-state index in [1.807, 2.05) is 24.3 Å². The van der Waals surface area contributed by atoms with Crippen LogP contribution >= 0.6 is 0 Å². The van der Waals surface area contributed by atoms with Crippen LogP contribution in [0.1, 0.15) is 36.0 Å². The number of hydrogen-bond donors (Lipinski definition) is 2. The maximum absolute atomic E-state index is 13.0. The third kappa shape index (κ3) is 4.56. The first kappa shape index (κ1) is 20.2. The molecule has 3 fully saturated rings. The molecule has 7 heteroatoms. The molecule has 1 unspecified atom stereocenters. The molecule has 158 valence electrons. The summed E-state index contributed by atoms with van der Waals surface area (Å²) in [5.74, 6) is 0.184. The van der Waals surface area contributed by atoms with Gasteiger partial charge in [0.1, 0.15) is 0 Å². The lowest BCUT2D eigenvalue weighted by Gasteiger charge is -2.44. The second kappa shape index (κ2) is 9.13. The summed E-state index contributed by atoms with van der Waals surface area (Å²) in [5.41, 5.74) is 1.73. The van der Waals surface area contributed by atoms with Crippen LogP contribution in [0.5, 0.6) is 0 Å². The first-order chi connectivity index (χ1) is 14.2. The summed E-state index contributed by atoms with van der Waals surface area (Å²) < 4.78 is 0. The van der Waals surface area contributed by atoms with Crippen molar-refractivity contribution in [3.8, 4) is 0 Å². The average Bonchev–Trinajstić information content (AvgIpc) is 2.73. The molecule has 0 aromatic heterocycles. The molecule has 1 aromatic rings. The number of carbonyl (C=O) groups is 2. The number of benzene rings is 1. The Labute approximate surface area is 173 Å². The Morgan fingerprint density at radius 3 is 2.41 bits per heavy atom. The van der Waals surface area contributed by atoms with Gasteiger partial charge >= 0.3 is 0 Å². The van der Waals surface area contributed by atoms with Gasteiger partial charge in [-0.15, -0.1) is 0 Å². The number of anilines is 1. The smallest absolute Gasteiger partial charge is 0.251 e. The lowest BCUT2D eigenvalue weighted by atomic mass is 9.91. The Morgan fingerprint density at radius 2 is 1.79 bits per heavy atom. The van der Waals surface area contributed by atoms with Crippen molar-refractivity contribution in [3.05, 3.63) is 29.8 Å². The van der Waals surface area contributed by atoms with E-state index in [0.717, 1.165) is 57.5 Å². The molecular formula is C22H33N5O2. The lowest BCUT2D eigenvalue weighted by molar-refractivity contribution is -0.134. The molecule has 2 N–H and O–H groups in total. The molecule has 0 bridgehead atoms. The van der Waals surface area contributed by atoms with Gasteiger partial charge in [0, 0.05) is 76.6 Å². The van der Waals surface area contributed by atoms with Crippen LogP contribution in [0.2, 0.25) is 0 Å². The number of rotatable bonds is 5. The molecule has 1 atom stereocenters. The van der Waals surface area contributed by atoms with Gasteiger partial charge < -0.3 is 20.4 Å². The van der Waals surface area contributed by atoms with Gasteiger partial charge in [-0.3, -0.25) is 14.5 Å². The summed E-state index contributed by atoms with van der Waals surface area (Å²) in [5, 5.41) is 6.09. The maximum Gasteiger partial charge on any atom is 0.251 e. The highest BCUT2D eigenvalue weighted by molar-refractivity contribution is 5.94. The van der Waals surface area contributed by atoms with Crippen molar-refractivity contribution in [1.82, 2.24) is 20.4 Å². The molecule has 1 aromatic carbocycles. The van der Waals surface area contributed by atoms with Crippen LogP contribution in [0.4, 0.5) is 5.69 Å². The molecule has 2 saturated heterocycles. The van der Waals surface area contributed by atoms with Crippen molar-refractivity contribution < 1.29 is 9.59 Å². The minimum absolute atomic E-state index is 0.0790. The molecule has 2 heterocycles. The number of hydrogen-bond acceptors (Lipinski definition) is 5. The molecule has 7 nitrogen and oxygen atoms in total. The van der Waals surface area contributed by atoms with Crippen LogP contribution < -0.4 is 15.5 Å². The molecule has 1 saturated carbocycles. The Kier molecular flexibility index (Phi) is 6.35. The zero-order chi connectivity index (χ0) is 20.2. The number of piperazine rings is 2. The van der Waals surface area contributed by atoms with Gasteiger partial charge in [-0.1, -0.05) is 6.42 Å². The highest BCUT2D eigenvalue weighted by Gasteiger charge is 2.31. The van der Waals surface area contributed by atoms with E-state index in [-0.39, 0.29) is 17.9 Å². The largest absolute Gasteiger partial charge is 0.365 e. The van der Waals surface area contributed by atoms with Crippen molar-refractivity contribution in [2.24, 2.45) is 0 Å².